The number of ether oxygens (including phenoxy) is 1. The molecular weight excluding hydrogens is 650 g/mol. The van der Waals surface area contributed by atoms with E-state index in [0.29, 0.717) is 30.0 Å². The third kappa shape index (κ3) is 10.7. The first-order chi connectivity index (χ1) is 21.8. The van der Waals surface area contributed by atoms with Gasteiger partial charge < -0.3 is 20.7 Å². The molecule has 3 N–H and O–H groups in total. The molecule has 0 aliphatic carbocycles. The molecule has 9 heteroatoms. The molecule has 0 heterocycles. The smallest absolute Gasteiger partial charge is 0.272 e. The van der Waals surface area contributed by atoms with Crippen molar-refractivity contribution in [3.05, 3.63) is 124 Å². The van der Waals surface area contributed by atoms with Crippen molar-refractivity contribution >= 4 is 62.9 Å². The van der Waals surface area contributed by atoms with Gasteiger partial charge in [0.05, 0.1) is 11.9 Å². The summed E-state index contributed by atoms with van der Waals surface area (Å²) in [5.41, 5.74) is 2.51. The van der Waals surface area contributed by atoms with Gasteiger partial charge in [-0.15, -0.1) is 11.8 Å². The van der Waals surface area contributed by atoms with E-state index >= 15 is 0 Å². The highest BCUT2D eigenvalue weighted by Gasteiger charge is 2.19. The standard InChI is InChI=1S/C36H36BrN3O4S/c1-3-5-22-44-30-20-18-28(19-21-30)38-36(43)33(4-2)45-31-13-9-12-29(24-31)39-35(42)32(23-25-14-16-27(37)17-15-25)40-34(41)26-10-7-6-8-11-26/h6-21,23-24,33H,3-5,22H2,1-2H3,(H,38,43)(H,39,42)(H,40,41)/b32-23-. The van der Waals surface area contributed by atoms with Crippen LogP contribution in [0.2, 0.25) is 0 Å². The van der Waals surface area contributed by atoms with Gasteiger partial charge >= 0.3 is 0 Å². The fourth-order valence-corrected chi connectivity index (χ4v) is 5.47. The number of unbranched alkanes of at least 4 members (excludes halogenated alkanes) is 1. The highest BCUT2D eigenvalue weighted by atomic mass is 79.9. The number of carbonyl (C=O) groups excluding carboxylic acids is 3. The number of amides is 3. The SMILES string of the molecule is CCCCOc1ccc(NC(=O)C(CC)Sc2cccc(NC(=O)/C(=C/c3ccc(Br)cc3)NC(=O)c3ccccc3)c2)cc1. The Bertz CT molecular complexity index is 1610. The molecule has 4 aromatic carbocycles. The first kappa shape index (κ1) is 33.6. The predicted octanol–water partition coefficient (Wildman–Crippen LogP) is 8.55. The maximum atomic E-state index is 13.5. The van der Waals surface area contributed by atoms with Gasteiger partial charge in [0.15, 0.2) is 0 Å². The summed E-state index contributed by atoms with van der Waals surface area (Å²) in [6.07, 6.45) is 4.30. The van der Waals surface area contributed by atoms with E-state index < -0.39 is 11.8 Å². The van der Waals surface area contributed by atoms with Crippen molar-refractivity contribution in [3.8, 4) is 5.75 Å². The van der Waals surface area contributed by atoms with Crippen molar-refractivity contribution in [2.45, 2.75) is 43.3 Å². The van der Waals surface area contributed by atoms with Gasteiger partial charge in [0.1, 0.15) is 11.4 Å². The second-order valence-electron chi connectivity index (χ2n) is 10.1. The molecule has 0 aliphatic heterocycles. The Morgan fingerprint density at radius 3 is 2.27 bits per heavy atom. The van der Waals surface area contributed by atoms with Crippen molar-refractivity contribution in [2.75, 3.05) is 17.2 Å². The summed E-state index contributed by atoms with van der Waals surface area (Å²) in [5.74, 6) is -0.207. The van der Waals surface area contributed by atoms with Crippen LogP contribution >= 0.6 is 27.7 Å². The molecule has 0 saturated carbocycles. The zero-order valence-electron chi connectivity index (χ0n) is 25.2. The largest absolute Gasteiger partial charge is 0.494 e. The molecule has 0 saturated heterocycles. The molecule has 0 aliphatic rings. The molecule has 4 aromatic rings. The monoisotopic (exact) mass is 685 g/mol. The third-order valence-electron chi connectivity index (χ3n) is 6.63. The van der Waals surface area contributed by atoms with E-state index in [9.17, 15) is 14.4 Å². The van der Waals surface area contributed by atoms with Gasteiger partial charge in [-0.3, -0.25) is 14.4 Å². The summed E-state index contributed by atoms with van der Waals surface area (Å²) >= 11 is 4.84. The third-order valence-corrected chi connectivity index (χ3v) is 8.52. The Morgan fingerprint density at radius 2 is 1.58 bits per heavy atom. The number of benzene rings is 4. The number of hydrogen-bond donors (Lipinski definition) is 3. The van der Waals surface area contributed by atoms with Crippen LogP contribution < -0.4 is 20.7 Å². The van der Waals surface area contributed by atoms with E-state index in [0.717, 1.165) is 33.5 Å². The van der Waals surface area contributed by atoms with Crippen molar-refractivity contribution < 1.29 is 19.1 Å². The second-order valence-corrected chi connectivity index (χ2v) is 12.3. The first-order valence-electron chi connectivity index (χ1n) is 14.8. The van der Waals surface area contributed by atoms with Crippen molar-refractivity contribution in [1.29, 1.82) is 0 Å². The minimum Gasteiger partial charge on any atom is -0.494 e. The summed E-state index contributed by atoms with van der Waals surface area (Å²) in [4.78, 5) is 40.4. The fraction of sp³-hybridized carbons (Fsp3) is 0.194. The minimum atomic E-state index is -0.476. The summed E-state index contributed by atoms with van der Waals surface area (Å²) in [6, 6.07) is 30.8. The maximum absolute atomic E-state index is 13.5. The molecule has 0 aromatic heterocycles. The average molecular weight is 687 g/mol. The number of carbonyl (C=O) groups is 3. The quantitative estimate of drug-likeness (QED) is 0.0702. The lowest BCUT2D eigenvalue weighted by molar-refractivity contribution is -0.116. The molecule has 3 amide bonds. The number of halogens is 1. The summed E-state index contributed by atoms with van der Waals surface area (Å²) in [5, 5.41) is 8.30. The normalized spacial score (nSPS) is 11.8. The molecule has 0 fully saturated rings. The molecule has 0 radical (unpaired) electrons. The average Bonchev–Trinajstić information content (AvgIpc) is 3.05. The van der Waals surface area contributed by atoms with Crippen LogP contribution in [0.3, 0.4) is 0 Å². The van der Waals surface area contributed by atoms with E-state index in [-0.39, 0.29) is 16.9 Å². The van der Waals surface area contributed by atoms with Crippen LogP contribution in [0.5, 0.6) is 5.75 Å². The molecule has 4 rings (SSSR count). The van der Waals surface area contributed by atoms with Crippen LogP contribution in [0, 0.1) is 0 Å². The van der Waals surface area contributed by atoms with E-state index in [1.54, 1.807) is 36.4 Å². The minimum absolute atomic E-state index is 0.0943. The van der Waals surface area contributed by atoms with Crippen LogP contribution in [-0.4, -0.2) is 29.6 Å². The van der Waals surface area contributed by atoms with Crippen molar-refractivity contribution in [1.82, 2.24) is 5.32 Å². The summed E-state index contributed by atoms with van der Waals surface area (Å²) in [7, 11) is 0. The molecule has 7 nitrogen and oxygen atoms in total. The number of nitrogens with one attached hydrogen (secondary N) is 3. The fourth-order valence-electron chi connectivity index (χ4n) is 4.19. The van der Waals surface area contributed by atoms with Crippen LogP contribution in [0.15, 0.2) is 118 Å². The molecule has 232 valence electrons. The Hall–Kier alpha value is -4.34. The van der Waals surface area contributed by atoms with Gasteiger partial charge in [0.25, 0.3) is 11.8 Å². The van der Waals surface area contributed by atoms with Gasteiger partial charge in [-0.05, 0) is 91.2 Å². The predicted molar refractivity (Wildman–Crippen MR) is 187 cm³/mol. The van der Waals surface area contributed by atoms with Crippen LogP contribution in [0.4, 0.5) is 11.4 Å². The lowest BCUT2D eigenvalue weighted by atomic mass is 10.1. The van der Waals surface area contributed by atoms with E-state index in [4.69, 9.17) is 4.74 Å². The van der Waals surface area contributed by atoms with E-state index in [1.807, 2.05) is 79.7 Å². The van der Waals surface area contributed by atoms with Gasteiger partial charge in [-0.2, -0.15) is 0 Å². The van der Waals surface area contributed by atoms with Gasteiger partial charge in [0, 0.05) is 26.3 Å². The van der Waals surface area contributed by atoms with Crippen LogP contribution in [0.1, 0.15) is 49.0 Å². The lowest BCUT2D eigenvalue weighted by Gasteiger charge is -2.16. The molecule has 0 spiro atoms. The summed E-state index contributed by atoms with van der Waals surface area (Å²) in [6.45, 7) is 4.74. The Labute approximate surface area is 277 Å². The van der Waals surface area contributed by atoms with Gasteiger partial charge in [-0.25, -0.2) is 0 Å². The van der Waals surface area contributed by atoms with Gasteiger partial charge in [0.2, 0.25) is 5.91 Å². The maximum Gasteiger partial charge on any atom is 0.272 e. The molecule has 0 bridgehead atoms. The van der Waals surface area contributed by atoms with Crippen molar-refractivity contribution in [2.24, 2.45) is 0 Å². The Morgan fingerprint density at radius 1 is 0.844 bits per heavy atom. The Kier molecular flexibility index (Phi) is 12.8. The number of anilines is 2. The molecular formula is C36H36BrN3O4S. The van der Waals surface area contributed by atoms with Crippen LogP contribution in [-0.2, 0) is 9.59 Å². The van der Waals surface area contributed by atoms with E-state index in [1.165, 1.54) is 11.8 Å². The summed E-state index contributed by atoms with van der Waals surface area (Å²) < 4.78 is 6.61. The van der Waals surface area contributed by atoms with E-state index in [2.05, 4.69) is 38.8 Å². The molecule has 1 unspecified atom stereocenters. The Balaban J connectivity index is 1.43. The zero-order chi connectivity index (χ0) is 32.0. The molecule has 45 heavy (non-hydrogen) atoms. The van der Waals surface area contributed by atoms with Crippen LogP contribution in [0.25, 0.3) is 6.08 Å². The topological polar surface area (TPSA) is 96.5 Å². The zero-order valence-corrected chi connectivity index (χ0v) is 27.6. The molecule has 1 atom stereocenters. The lowest BCUT2D eigenvalue weighted by Crippen LogP contribution is -2.30. The van der Waals surface area contributed by atoms with Gasteiger partial charge in [-0.1, -0.05) is 72.6 Å². The highest BCUT2D eigenvalue weighted by Crippen LogP contribution is 2.29. The first-order valence-corrected chi connectivity index (χ1v) is 16.5. The second kappa shape index (κ2) is 17.2. The number of hydrogen-bond acceptors (Lipinski definition) is 5. The number of thioether (sulfide) groups is 1. The van der Waals surface area contributed by atoms with Crippen molar-refractivity contribution in [3.63, 3.8) is 0 Å². The highest BCUT2D eigenvalue weighted by molar-refractivity contribution is 9.10. The number of rotatable bonds is 14.